The van der Waals surface area contributed by atoms with Crippen LogP contribution in [0.2, 0.25) is 0 Å². The van der Waals surface area contributed by atoms with E-state index < -0.39 is 0 Å². The smallest absolute Gasteiger partial charge is 0.0939 e. The Morgan fingerprint density at radius 3 is 3.00 bits per heavy atom. The number of halogens is 1. The summed E-state index contributed by atoms with van der Waals surface area (Å²) >= 11 is 5.16. The van der Waals surface area contributed by atoms with Gasteiger partial charge < -0.3 is 0 Å². The molecule has 0 saturated heterocycles. The number of hydrogen-bond acceptors (Lipinski definition) is 2. The normalized spacial score (nSPS) is 17.7. The van der Waals surface area contributed by atoms with Crippen molar-refractivity contribution >= 4 is 27.3 Å². The minimum Gasteiger partial charge on any atom is -0.248 e. The monoisotopic (exact) mass is 217 g/mol. The van der Waals surface area contributed by atoms with Gasteiger partial charge in [0.15, 0.2) is 0 Å². The van der Waals surface area contributed by atoms with E-state index in [4.69, 9.17) is 0 Å². The van der Waals surface area contributed by atoms with Crippen LogP contribution in [0.15, 0.2) is 9.98 Å². The van der Waals surface area contributed by atoms with Crippen LogP contribution in [0.5, 0.6) is 0 Å². The Labute approximate surface area is 72.6 Å². The van der Waals surface area contributed by atoms with Gasteiger partial charge >= 0.3 is 0 Å². The van der Waals surface area contributed by atoms with Crippen molar-refractivity contribution in [2.75, 3.05) is 0 Å². The van der Waals surface area contributed by atoms with E-state index >= 15 is 0 Å². The summed E-state index contributed by atoms with van der Waals surface area (Å²) in [5.41, 5.74) is 0. The zero-order chi connectivity index (χ0) is 6.97. The predicted octanol–water partition coefficient (Wildman–Crippen LogP) is 2.86. The lowest BCUT2D eigenvalue weighted by atomic mass is 10.3. The fraction of sp³-hybridized carbons (Fsp3) is 0.571. The van der Waals surface area contributed by atoms with Gasteiger partial charge in [0.1, 0.15) is 0 Å². The molecule has 0 spiro atoms. The van der Waals surface area contributed by atoms with Gasteiger partial charge in [0, 0.05) is 6.42 Å². The molecule has 0 N–H and O–H groups in total. The first-order chi connectivity index (χ1) is 4.84. The van der Waals surface area contributed by atoms with Crippen molar-refractivity contribution in [3.05, 3.63) is 15.0 Å². The van der Waals surface area contributed by atoms with Crippen molar-refractivity contribution in [3.63, 3.8) is 0 Å². The van der Waals surface area contributed by atoms with Crippen LogP contribution in [0.25, 0.3) is 0 Å². The molecule has 10 heavy (non-hydrogen) atoms. The molecule has 0 aliphatic heterocycles. The summed E-state index contributed by atoms with van der Waals surface area (Å²) in [5.74, 6) is 0.957. The first-order valence-electron chi connectivity index (χ1n) is 3.45. The summed E-state index contributed by atoms with van der Waals surface area (Å²) in [6.07, 6.45) is 5.92. The molecule has 0 aromatic carbocycles. The maximum absolute atomic E-state index is 4.27. The van der Waals surface area contributed by atoms with Gasteiger partial charge in [-0.3, -0.25) is 0 Å². The Kier molecular flexibility index (Phi) is 1.78. The van der Waals surface area contributed by atoms with Crippen LogP contribution >= 0.6 is 27.3 Å². The van der Waals surface area contributed by atoms with Crippen molar-refractivity contribution < 1.29 is 0 Å². The number of thiazole rings is 1. The molecule has 0 bridgehead atoms. The second kappa shape index (κ2) is 2.62. The molecule has 1 aliphatic rings. The number of hydrogen-bond donors (Lipinski definition) is 0. The molecule has 1 aromatic rings. The van der Waals surface area contributed by atoms with Gasteiger partial charge in [0.05, 0.1) is 15.0 Å². The minimum absolute atomic E-state index is 0.957. The lowest BCUT2D eigenvalue weighted by Crippen LogP contribution is -1.82. The molecule has 3 heteroatoms. The Bertz CT molecular complexity index is 229. The third kappa shape index (κ3) is 1.58. The lowest BCUT2D eigenvalue weighted by molar-refractivity contribution is 0.824. The maximum Gasteiger partial charge on any atom is 0.0939 e. The topological polar surface area (TPSA) is 12.9 Å². The third-order valence-electron chi connectivity index (χ3n) is 1.69. The van der Waals surface area contributed by atoms with Gasteiger partial charge in [-0.15, -0.1) is 11.3 Å². The zero-order valence-corrected chi connectivity index (χ0v) is 7.91. The standard InChI is InChI=1S/C7H8BrNS/c8-6-4-9-7(10-6)3-5-1-2-5/h4-5H,1-3H2. The summed E-state index contributed by atoms with van der Waals surface area (Å²) in [5, 5.41) is 1.29. The molecule has 0 radical (unpaired) electrons. The van der Waals surface area contributed by atoms with Gasteiger partial charge in [-0.2, -0.15) is 0 Å². The molecule has 2 rings (SSSR count). The van der Waals surface area contributed by atoms with Crippen LogP contribution < -0.4 is 0 Å². The van der Waals surface area contributed by atoms with E-state index in [-0.39, 0.29) is 0 Å². The van der Waals surface area contributed by atoms with Crippen molar-refractivity contribution in [3.8, 4) is 0 Å². The molecule has 1 saturated carbocycles. The summed E-state index contributed by atoms with van der Waals surface area (Å²) < 4.78 is 1.16. The Morgan fingerprint density at radius 2 is 2.50 bits per heavy atom. The van der Waals surface area contributed by atoms with E-state index in [0.717, 1.165) is 9.70 Å². The average molecular weight is 218 g/mol. The zero-order valence-electron chi connectivity index (χ0n) is 5.51. The van der Waals surface area contributed by atoms with Gasteiger partial charge in [-0.1, -0.05) is 0 Å². The summed E-state index contributed by atoms with van der Waals surface area (Å²) in [6, 6.07) is 0. The summed E-state index contributed by atoms with van der Waals surface area (Å²) in [4.78, 5) is 4.27. The molecule has 54 valence electrons. The predicted molar refractivity (Wildman–Crippen MR) is 46.2 cm³/mol. The minimum atomic E-state index is 0.957. The molecule has 1 fully saturated rings. The molecule has 1 aliphatic carbocycles. The van der Waals surface area contributed by atoms with E-state index in [9.17, 15) is 0 Å². The van der Waals surface area contributed by atoms with Crippen LogP contribution in [0.3, 0.4) is 0 Å². The molecular formula is C7H8BrNS. The highest BCUT2D eigenvalue weighted by Crippen LogP contribution is 2.34. The fourth-order valence-corrected chi connectivity index (χ4v) is 2.37. The highest BCUT2D eigenvalue weighted by atomic mass is 79.9. The van der Waals surface area contributed by atoms with E-state index in [2.05, 4.69) is 20.9 Å². The van der Waals surface area contributed by atoms with E-state index in [1.54, 1.807) is 11.3 Å². The van der Waals surface area contributed by atoms with Gasteiger partial charge in [0.2, 0.25) is 0 Å². The quantitative estimate of drug-likeness (QED) is 0.743. The SMILES string of the molecule is Brc1cnc(CC2CC2)s1. The Morgan fingerprint density at radius 1 is 1.70 bits per heavy atom. The van der Waals surface area contributed by atoms with E-state index in [0.29, 0.717) is 0 Å². The lowest BCUT2D eigenvalue weighted by Gasteiger charge is -1.87. The highest BCUT2D eigenvalue weighted by molar-refractivity contribution is 9.11. The maximum atomic E-state index is 4.27. The van der Waals surface area contributed by atoms with E-state index in [1.807, 2.05) is 6.20 Å². The fourth-order valence-electron chi connectivity index (χ4n) is 0.951. The average Bonchev–Trinajstić information content (AvgIpc) is 2.59. The third-order valence-corrected chi connectivity index (χ3v) is 3.18. The van der Waals surface area contributed by atoms with E-state index in [1.165, 1.54) is 24.3 Å². The van der Waals surface area contributed by atoms with Gasteiger partial charge in [0.25, 0.3) is 0 Å². The molecule has 0 unspecified atom stereocenters. The molecule has 0 amide bonds. The number of rotatable bonds is 2. The number of nitrogens with zero attached hydrogens (tertiary/aromatic N) is 1. The number of aromatic nitrogens is 1. The second-order valence-electron chi connectivity index (χ2n) is 2.71. The summed E-state index contributed by atoms with van der Waals surface area (Å²) in [6.45, 7) is 0. The van der Waals surface area contributed by atoms with Crippen LogP contribution in [-0.2, 0) is 6.42 Å². The molecule has 1 heterocycles. The highest BCUT2D eigenvalue weighted by Gasteiger charge is 2.22. The van der Waals surface area contributed by atoms with Crippen molar-refractivity contribution in [2.24, 2.45) is 5.92 Å². The second-order valence-corrected chi connectivity index (χ2v) is 5.20. The van der Waals surface area contributed by atoms with Gasteiger partial charge in [-0.25, -0.2) is 4.98 Å². The first kappa shape index (κ1) is 6.80. The Hall–Kier alpha value is 0.110. The molecule has 1 aromatic heterocycles. The first-order valence-corrected chi connectivity index (χ1v) is 5.06. The van der Waals surface area contributed by atoms with Crippen LogP contribution in [0.4, 0.5) is 0 Å². The van der Waals surface area contributed by atoms with Gasteiger partial charge in [-0.05, 0) is 34.7 Å². The largest absolute Gasteiger partial charge is 0.248 e. The van der Waals surface area contributed by atoms with Crippen molar-refractivity contribution in [2.45, 2.75) is 19.3 Å². The van der Waals surface area contributed by atoms with Crippen LogP contribution in [0.1, 0.15) is 17.8 Å². The summed E-state index contributed by atoms with van der Waals surface area (Å²) in [7, 11) is 0. The molecule has 0 atom stereocenters. The van der Waals surface area contributed by atoms with Crippen LogP contribution in [-0.4, -0.2) is 4.98 Å². The van der Waals surface area contributed by atoms with Crippen molar-refractivity contribution in [1.82, 2.24) is 4.98 Å². The molecule has 1 nitrogen and oxygen atoms in total. The Balaban J connectivity index is 2.03. The van der Waals surface area contributed by atoms with Crippen LogP contribution in [0, 0.1) is 5.92 Å². The molecular weight excluding hydrogens is 210 g/mol. The van der Waals surface area contributed by atoms with Crippen molar-refractivity contribution in [1.29, 1.82) is 0 Å².